The minimum Gasteiger partial charge on any atom is -0.497 e. The summed E-state index contributed by atoms with van der Waals surface area (Å²) in [5.74, 6) is 1.72. The molecule has 4 nitrogen and oxygen atoms in total. The average Bonchev–Trinajstić information content (AvgIpc) is 2.38. The van der Waals surface area contributed by atoms with Crippen molar-refractivity contribution in [2.75, 3.05) is 41.4 Å². The Kier molecular flexibility index (Phi) is 4.09. The van der Waals surface area contributed by atoms with Crippen LogP contribution in [0.1, 0.15) is 18.2 Å². The zero-order valence-corrected chi connectivity index (χ0v) is 11.6. The predicted molar refractivity (Wildman–Crippen MR) is 72.2 cm³/mol. The number of hydrogen-bond acceptors (Lipinski definition) is 4. The van der Waals surface area contributed by atoms with Gasteiger partial charge in [-0.1, -0.05) is 0 Å². The first-order valence-corrected chi connectivity index (χ1v) is 6.29. The molecule has 0 aliphatic carbocycles. The Bertz CT molecular complexity index is 399. The summed E-state index contributed by atoms with van der Waals surface area (Å²) in [4.78, 5) is 4.71. The van der Waals surface area contributed by atoms with Crippen LogP contribution in [0.2, 0.25) is 0 Å². The van der Waals surface area contributed by atoms with Crippen LogP contribution in [0.5, 0.6) is 11.5 Å². The Labute approximate surface area is 109 Å². The summed E-state index contributed by atoms with van der Waals surface area (Å²) in [5, 5.41) is 0. The quantitative estimate of drug-likeness (QED) is 0.819. The molecular weight excluding hydrogens is 228 g/mol. The minimum atomic E-state index is 0.277. The van der Waals surface area contributed by atoms with Crippen molar-refractivity contribution in [3.63, 3.8) is 0 Å². The Morgan fingerprint density at radius 3 is 2.28 bits per heavy atom. The van der Waals surface area contributed by atoms with Crippen LogP contribution in [-0.4, -0.2) is 51.2 Å². The molecule has 1 fully saturated rings. The van der Waals surface area contributed by atoms with Crippen molar-refractivity contribution in [2.45, 2.75) is 12.6 Å². The summed E-state index contributed by atoms with van der Waals surface area (Å²) in [6, 6.07) is 6.04. The molecule has 18 heavy (non-hydrogen) atoms. The van der Waals surface area contributed by atoms with Gasteiger partial charge in [-0.2, -0.15) is 0 Å². The standard InChI is InChI=1S/C14H22N2O2/c1-15-8-5-9-16(2)14(15)12-7-6-11(17-3)10-13(12)18-4/h6-7,10,14H,5,8-9H2,1-4H3. The smallest absolute Gasteiger partial charge is 0.128 e. The van der Waals surface area contributed by atoms with Gasteiger partial charge in [0.1, 0.15) is 11.5 Å². The van der Waals surface area contributed by atoms with Crippen LogP contribution in [0, 0.1) is 0 Å². The lowest BCUT2D eigenvalue weighted by Crippen LogP contribution is -2.43. The van der Waals surface area contributed by atoms with Crippen molar-refractivity contribution in [1.29, 1.82) is 0 Å². The normalized spacial score (nSPS) is 18.9. The molecule has 2 rings (SSSR count). The molecule has 1 heterocycles. The third-order valence-electron chi connectivity index (χ3n) is 3.58. The van der Waals surface area contributed by atoms with E-state index in [-0.39, 0.29) is 6.17 Å². The van der Waals surface area contributed by atoms with Gasteiger partial charge in [0.05, 0.1) is 20.4 Å². The Morgan fingerprint density at radius 1 is 1.06 bits per heavy atom. The second-order valence-corrected chi connectivity index (χ2v) is 4.80. The lowest BCUT2D eigenvalue weighted by molar-refractivity contribution is 0.0397. The van der Waals surface area contributed by atoms with E-state index in [4.69, 9.17) is 9.47 Å². The van der Waals surface area contributed by atoms with Crippen molar-refractivity contribution < 1.29 is 9.47 Å². The summed E-state index contributed by atoms with van der Waals surface area (Å²) >= 11 is 0. The molecule has 0 aromatic heterocycles. The largest absolute Gasteiger partial charge is 0.497 e. The highest BCUT2D eigenvalue weighted by Crippen LogP contribution is 2.35. The lowest BCUT2D eigenvalue weighted by Gasteiger charge is -2.40. The first-order chi connectivity index (χ1) is 8.67. The summed E-state index contributed by atoms with van der Waals surface area (Å²) in [5.41, 5.74) is 1.20. The van der Waals surface area contributed by atoms with Crippen LogP contribution >= 0.6 is 0 Å². The summed E-state index contributed by atoms with van der Waals surface area (Å²) in [6.45, 7) is 2.23. The maximum atomic E-state index is 5.50. The third kappa shape index (κ3) is 2.44. The van der Waals surface area contributed by atoms with Crippen LogP contribution < -0.4 is 9.47 Å². The maximum Gasteiger partial charge on any atom is 0.128 e. The molecule has 0 spiro atoms. The molecular formula is C14H22N2O2. The molecule has 0 amide bonds. The minimum absolute atomic E-state index is 0.277. The SMILES string of the molecule is COc1ccc(C2N(C)CCCN2C)c(OC)c1. The molecule has 0 atom stereocenters. The van der Waals surface area contributed by atoms with Gasteiger partial charge in [0, 0.05) is 24.7 Å². The molecule has 0 radical (unpaired) electrons. The van der Waals surface area contributed by atoms with Gasteiger partial charge >= 0.3 is 0 Å². The zero-order chi connectivity index (χ0) is 13.1. The van der Waals surface area contributed by atoms with Gasteiger partial charge in [0.15, 0.2) is 0 Å². The van der Waals surface area contributed by atoms with Crippen LogP contribution in [0.15, 0.2) is 18.2 Å². The highest BCUT2D eigenvalue weighted by atomic mass is 16.5. The van der Waals surface area contributed by atoms with Crippen molar-refractivity contribution in [2.24, 2.45) is 0 Å². The zero-order valence-electron chi connectivity index (χ0n) is 11.6. The van der Waals surface area contributed by atoms with Gasteiger partial charge in [-0.05, 0) is 32.6 Å². The van der Waals surface area contributed by atoms with Crippen LogP contribution in [-0.2, 0) is 0 Å². The lowest BCUT2D eigenvalue weighted by atomic mass is 10.1. The Hall–Kier alpha value is -1.26. The fourth-order valence-corrected chi connectivity index (χ4v) is 2.66. The van der Waals surface area contributed by atoms with Gasteiger partial charge in [0.2, 0.25) is 0 Å². The number of benzene rings is 1. The molecule has 4 heteroatoms. The van der Waals surface area contributed by atoms with E-state index in [2.05, 4.69) is 30.0 Å². The van der Waals surface area contributed by atoms with Crippen molar-refractivity contribution in [3.05, 3.63) is 23.8 Å². The monoisotopic (exact) mass is 250 g/mol. The maximum absolute atomic E-state index is 5.50. The first-order valence-electron chi connectivity index (χ1n) is 6.29. The number of rotatable bonds is 3. The van der Waals surface area contributed by atoms with Crippen molar-refractivity contribution in [3.8, 4) is 11.5 Å². The molecule has 0 bridgehead atoms. The van der Waals surface area contributed by atoms with Gasteiger partial charge in [-0.3, -0.25) is 9.80 Å². The molecule has 0 N–H and O–H groups in total. The van der Waals surface area contributed by atoms with Crippen LogP contribution in [0.3, 0.4) is 0 Å². The van der Waals surface area contributed by atoms with E-state index < -0.39 is 0 Å². The van der Waals surface area contributed by atoms with Gasteiger partial charge < -0.3 is 9.47 Å². The molecule has 1 aliphatic rings. The topological polar surface area (TPSA) is 24.9 Å². The van der Waals surface area contributed by atoms with Crippen molar-refractivity contribution >= 4 is 0 Å². The molecule has 100 valence electrons. The van der Waals surface area contributed by atoms with Crippen molar-refractivity contribution in [1.82, 2.24) is 9.80 Å². The first kappa shape index (κ1) is 13.2. The van der Waals surface area contributed by atoms with E-state index in [0.717, 1.165) is 24.6 Å². The molecule has 1 aromatic carbocycles. The second kappa shape index (κ2) is 5.59. The summed E-state index contributed by atoms with van der Waals surface area (Å²) < 4.78 is 10.7. The van der Waals surface area contributed by atoms with E-state index >= 15 is 0 Å². The fourth-order valence-electron chi connectivity index (χ4n) is 2.66. The molecule has 1 aliphatic heterocycles. The van der Waals surface area contributed by atoms with E-state index in [1.165, 1.54) is 12.0 Å². The van der Waals surface area contributed by atoms with E-state index in [1.807, 2.05) is 12.1 Å². The molecule has 1 saturated heterocycles. The number of hydrogen-bond donors (Lipinski definition) is 0. The molecule has 1 aromatic rings. The Balaban J connectivity index is 2.36. The van der Waals surface area contributed by atoms with Gasteiger partial charge in [-0.25, -0.2) is 0 Å². The summed E-state index contributed by atoms with van der Waals surface area (Å²) in [7, 11) is 7.70. The van der Waals surface area contributed by atoms with Crippen LogP contribution in [0.25, 0.3) is 0 Å². The van der Waals surface area contributed by atoms with Gasteiger partial charge in [0.25, 0.3) is 0 Å². The molecule has 0 unspecified atom stereocenters. The van der Waals surface area contributed by atoms with E-state index in [9.17, 15) is 0 Å². The fraction of sp³-hybridized carbons (Fsp3) is 0.571. The predicted octanol–water partition coefficient (Wildman–Crippen LogP) is 1.97. The van der Waals surface area contributed by atoms with Crippen LogP contribution in [0.4, 0.5) is 0 Å². The number of nitrogens with zero attached hydrogens (tertiary/aromatic N) is 2. The van der Waals surface area contributed by atoms with E-state index in [0.29, 0.717) is 0 Å². The Morgan fingerprint density at radius 2 is 1.72 bits per heavy atom. The number of ether oxygens (including phenoxy) is 2. The van der Waals surface area contributed by atoms with Gasteiger partial charge in [-0.15, -0.1) is 0 Å². The van der Waals surface area contributed by atoms with E-state index in [1.54, 1.807) is 14.2 Å². The average molecular weight is 250 g/mol. The third-order valence-corrected chi connectivity index (χ3v) is 3.58. The summed E-state index contributed by atoms with van der Waals surface area (Å²) in [6.07, 6.45) is 1.49. The highest BCUT2D eigenvalue weighted by molar-refractivity contribution is 5.42. The number of methoxy groups -OCH3 is 2. The second-order valence-electron chi connectivity index (χ2n) is 4.80. The highest BCUT2D eigenvalue weighted by Gasteiger charge is 2.27. The molecule has 0 saturated carbocycles.